The SMILES string of the molecule is Cc1[nH]n(-c2ccccc2)c(=O)c1[C@H](c1ccc(Cl)cc1)[C@H](NS(C)(=O)=O)C(=O)c1ccccc1. The first kappa shape index (κ1) is 24.7. The molecule has 0 unspecified atom stereocenters. The molecule has 0 fully saturated rings. The van der Waals surface area contributed by atoms with E-state index in [0.29, 0.717) is 27.5 Å². The Morgan fingerprint density at radius 1 is 0.943 bits per heavy atom. The van der Waals surface area contributed by atoms with Crippen molar-refractivity contribution in [3.8, 4) is 5.69 Å². The number of carbonyl (C=O) groups excluding carboxylic acids is 1. The number of hydrogen-bond acceptors (Lipinski definition) is 4. The molecule has 7 nitrogen and oxygen atoms in total. The third kappa shape index (κ3) is 5.45. The van der Waals surface area contributed by atoms with Gasteiger partial charge in [0, 0.05) is 27.8 Å². The summed E-state index contributed by atoms with van der Waals surface area (Å²) >= 11 is 6.10. The highest BCUT2D eigenvalue weighted by atomic mass is 35.5. The van der Waals surface area contributed by atoms with Crippen LogP contribution in [0.4, 0.5) is 0 Å². The fourth-order valence-electron chi connectivity index (χ4n) is 4.17. The van der Waals surface area contributed by atoms with Crippen molar-refractivity contribution >= 4 is 27.4 Å². The van der Waals surface area contributed by atoms with E-state index in [1.807, 2.05) is 6.07 Å². The fourth-order valence-corrected chi connectivity index (χ4v) is 5.00. The number of H-pyrrole nitrogens is 1. The van der Waals surface area contributed by atoms with Gasteiger partial charge in [-0.25, -0.2) is 17.8 Å². The molecular formula is C26H24ClN3O4S. The highest BCUT2D eigenvalue weighted by molar-refractivity contribution is 7.88. The van der Waals surface area contributed by atoms with Crippen LogP contribution in [0.25, 0.3) is 5.69 Å². The van der Waals surface area contributed by atoms with Gasteiger partial charge in [0.2, 0.25) is 10.0 Å². The van der Waals surface area contributed by atoms with E-state index in [2.05, 4.69) is 9.82 Å². The maximum atomic E-state index is 13.7. The number of nitrogens with zero attached hydrogens (tertiary/aromatic N) is 1. The van der Waals surface area contributed by atoms with Crippen molar-refractivity contribution in [2.24, 2.45) is 0 Å². The lowest BCUT2D eigenvalue weighted by atomic mass is 9.82. The van der Waals surface area contributed by atoms with Crippen molar-refractivity contribution in [1.29, 1.82) is 0 Å². The summed E-state index contributed by atoms with van der Waals surface area (Å²) in [4.78, 5) is 27.4. The largest absolute Gasteiger partial charge is 0.295 e. The van der Waals surface area contributed by atoms with E-state index in [9.17, 15) is 18.0 Å². The van der Waals surface area contributed by atoms with Crippen molar-refractivity contribution in [2.45, 2.75) is 18.9 Å². The van der Waals surface area contributed by atoms with Gasteiger partial charge in [-0.2, -0.15) is 0 Å². The number of benzene rings is 3. The summed E-state index contributed by atoms with van der Waals surface area (Å²) in [5.74, 6) is -1.38. The number of sulfonamides is 1. The summed E-state index contributed by atoms with van der Waals surface area (Å²) in [5, 5.41) is 3.55. The first-order chi connectivity index (χ1) is 16.7. The summed E-state index contributed by atoms with van der Waals surface area (Å²) in [6.07, 6.45) is 0.990. The van der Waals surface area contributed by atoms with Gasteiger partial charge in [-0.1, -0.05) is 72.3 Å². The van der Waals surface area contributed by atoms with Gasteiger partial charge in [0.05, 0.1) is 18.0 Å². The van der Waals surface area contributed by atoms with E-state index in [1.165, 1.54) is 4.68 Å². The molecule has 0 spiro atoms. The summed E-state index contributed by atoms with van der Waals surface area (Å²) in [6, 6.07) is 22.8. The Kier molecular flexibility index (Phi) is 7.07. The molecule has 0 saturated heterocycles. The quantitative estimate of drug-likeness (QED) is 0.350. The topological polar surface area (TPSA) is 101 Å². The maximum absolute atomic E-state index is 13.7. The summed E-state index contributed by atoms with van der Waals surface area (Å²) in [7, 11) is -3.83. The molecule has 35 heavy (non-hydrogen) atoms. The molecule has 3 aromatic carbocycles. The molecule has 1 heterocycles. The Morgan fingerprint density at radius 3 is 2.09 bits per heavy atom. The highest BCUT2D eigenvalue weighted by Gasteiger charge is 2.37. The second-order valence-electron chi connectivity index (χ2n) is 8.25. The van der Waals surface area contributed by atoms with Crippen molar-refractivity contribution in [3.63, 3.8) is 0 Å². The van der Waals surface area contributed by atoms with Gasteiger partial charge in [0.25, 0.3) is 5.56 Å². The molecule has 1 aromatic heterocycles. The molecule has 180 valence electrons. The van der Waals surface area contributed by atoms with Crippen molar-refractivity contribution in [1.82, 2.24) is 14.5 Å². The maximum Gasteiger partial charge on any atom is 0.275 e. The number of carbonyl (C=O) groups is 1. The average Bonchev–Trinajstić information content (AvgIpc) is 3.13. The predicted molar refractivity (Wildman–Crippen MR) is 137 cm³/mol. The van der Waals surface area contributed by atoms with Gasteiger partial charge in [0.15, 0.2) is 5.78 Å². The van der Waals surface area contributed by atoms with Crippen LogP contribution < -0.4 is 10.3 Å². The minimum atomic E-state index is -3.83. The number of para-hydroxylation sites is 1. The van der Waals surface area contributed by atoms with E-state index < -0.39 is 27.8 Å². The van der Waals surface area contributed by atoms with Crippen LogP contribution in [0.1, 0.15) is 33.1 Å². The van der Waals surface area contributed by atoms with E-state index in [-0.39, 0.29) is 11.1 Å². The van der Waals surface area contributed by atoms with Crippen LogP contribution in [-0.4, -0.2) is 36.3 Å². The number of rotatable bonds is 8. The van der Waals surface area contributed by atoms with Crippen molar-refractivity contribution in [3.05, 3.63) is 123 Å². The van der Waals surface area contributed by atoms with Crippen LogP contribution >= 0.6 is 11.6 Å². The Bertz CT molecular complexity index is 1500. The van der Waals surface area contributed by atoms with Crippen molar-refractivity contribution in [2.75, 3.05) is 6.26 Å². The normalized spacial score (nSPS) is 13.3. The minimum Gasteiger partial charge on any atom is -0.295 e. The van der Waals surface area contributed by atoms with Gasteiger partial charge in [-0.05, 0) is 36.8 Å². The molecule has 2 N–H and O–H groups in total. The molecule has 0 aliphatic rings. The molecular weight excluding hydrogens is 486 g/mol. The molecule has 0 saturated carbocycles. The van der Waals surface area contributed by atoms with Crippen LogP contribution in [0.5, 0.6) is 0 Å². The molecule has 0 aliphatic heterocycles. The van der Waals surface area contributed by atoms with Gasteiger partial charge in [0.1, 0.15) is 0 Å². The van der Waals surface area contributed by atoms with Crippen LogP contribution in [0.15, 0.2) is 89.7 Å². The Balaban J connectivity index is 1.96. The lowest BCUT2D eigenvalue weighted by molar-refractivity contribution is 0.0945. The molecule has 0 amide bonds. The van der Waals surface area contributed by atoms with Gasteiger partial charge >= 0.3 is 0 Å². The number of Topliss-reactive ketones (excluding diaryl/α,β-unsaturated/α-hetero) is 1. The van der Waals surface area contributed by atoms with E-state index in [1.54, 1.807) is 85.8 Å². The zero-order valence-corrected chi connectivity index (χ0v) is 20.7. The van der Waals surface area contributed by atoms with Crippen LogP contribution in [0.3, 0.4) is 0 Å². The number of nitrogens with one attached hydrogen (secondary N) is 2. The third-order valence-corrected chi connectivity index (χ3v) is 6.62. The molecule has 0 aliphatic carbocycles. The molecule has 2 atom stereocenters. The van der Waals surface area contributed by atoms with Crippen LogP contribution in [0, 0.1) is 6.92 Å². The zero-order chi connectivity index (χ0) is 25.2. The third-order valence-electron chi connectivity index (χ3n) is 5.69. The number of aryl methyl sites for hydroxylation is 1. The Labute approximate surface area is 208 Å². The molecule has 0 radical (unpaired) electrons. The summed E-state index contributed by atoms with van der Waals surface area (Å²) in [6.45, 7) is 1.73. The molecule has 9 heteroatoms. The Morgan fingerprint density at radius 2 is 1.51 bits per heavy atom. The Hall–Kier alpha value is -3.46. The summed E-state index contributed by atoms with van der Waals surface area (Å²) in [5.41, 5.74) is 1.92. The zero-order valence-electron chi connectivity index (χ0n) is 19.1. The van der Waals surface area contributed by atoms with E-state index >= 15 is 0 Å². The van der Waals surface area contributed by atoms with Gasteiger partial charge < -0.3 is 0 Å². The van der Waals surface area contributed by atoms with Crippen molar-refractivity contribution < 1.29 is 13.2 Å². The lowest BCUT2D eigenvalue weighted by Crippen LogP contribution is -2.46. The first-order valence-electron chi connectivity index (χ1n) is 10.8. The number of ketones is 1. The van der Waals surface area contributed by atoms with Crippen LogP contribution in [0.2, 0.25) is 5.02 Å². The first-order valence-corrected chi connectivity index (χ1v) is 13.1. The molecule has 4 rings (SSSR count). The van der Waals surface area contributed by atoms with Gasteiger partial charge in [-0.3, -0.25) is 14.7 Å². The number of hydrogen-bond donors (Lipinski definition) is 2. The smallest absolute Gasteiger partial charge is 0.275 e. The average molecular weight is 510 g/mol. The number of aromatic amines is 1. The second-order valence-corrected chi connectivity index (χ2v) is 10.5. The minimum absolute atomic E-state index is 0.279. The highest BCUT2D eigenvalue weighted by Crippen LogP contribution is 2.31. The number of halogens is 1. The number of aromatic nitrogens is 2. The molecule has 0 bridgehead atoms. The monoisotopic (exact) mass is 509 g/mol. The lowest BCUT2D eigenvalue weighted by Gasteiger charge is -2.26. The fraction of sp³-hybridized carbons (Fsp3) is 0.154. The standard InChI is InChI=1S/C26H24ClN3O4S/c1-17-22(26(32)30(28-17)21-11-7-4-8-12-21)23(18-13-15-20(27)16-14-18)24(29-35(2,33)34)25(31)19-9-5-3-6-10-19/h3-16,23-24,28-29H,1-2H3/t23-,24-/m0/s1. The second kappa shape index (κ2) is 10.0. The summed E-state index contributed by atoms with van der Waals surface area (Å²) < 4.78 is 28.7. The molecule has 4 aromatic rings. The van der Waals surface area contributed by atoms with E-state index in [0.717, 1.165) is 6.26 Å². The van der Waals surface area contributed by atoms with E-state index in [4.69, 9.17) is 11.6 Å². The van der Waals surface area contributed by atoms with Gasteiger partial charge in [-0.15, -0.1) is 0 Å². The van der Waals surface area contributed by atoms with Crippen LogP contribution in [-0.2, 0) is 10.0 Å². The predicted octanol–water partition coefficient (Wildman–Crippen LogP) is 4.06.